The van der Waals surface area contributed by atoms with E-state index < -0.39 is 27.4 Å². The van der Waals surface area contributed by atoms with E-state index in [-0.39, 0.29) is 17.1 Å². The van der Waals surface area contributed by atoms with Crippen molar-refractivity contribution in [2.75, 3.05) is 30.8 Å². The fraction of sp³-hybridized carbons (Fsp3) is 0.250. The molecule has 1 saturated heterocycles. The van der Waals surface area contributed by atoms with Gasteiger partial charge in [0.25, 0.3) is 0 Å². The fourth-order valence-corrected chi connectivity index (χ4v) is 5.65. The number of aromatic hydroxyl groups is 1. The lowest BCUT2D eigenvalue weighted by Gasteiger charge is -2.41. The van der Waals surface area contributed by atoms with Crippen molar-refractivity contribution in [2.24, 2.45) is 0 Å². The quantitative estimate of drug-likeness (QED) is 0.454. The summed E-state index contributed by atoms with van der Waals surface area (Å²) in [6.45, 7) is 1.39. The lowest BCUT2D eigenvalue weighted by atomic mass is 10.0. The van der Waals surface area contributed by atoms with E-state index in [0.717, 1.165) is 17.3 Å². The highest BCUT2D eigenvalue weighted by Crippen LogP contribution is 2.30. The highest BCUT2D eigenvalue weighted by molar-refractivity contribution is 7.88. The average molecular weight is 500 g/mol. The summed E-state index contributed by atoms with van der Waals surface area (Å²) >= 11 is 0. The maximum atomic E-state index is 14.5. The molecule has 0 radical (unpaired) electrons. The molecule has 1 atom stereocenters. The topological polar surface area (TPSA) is 91.6 Å². The maximum absolute atomic E-state index is 14.5. The number of fused-ring (bicyclic) bond motifs is 1. The van der Waals surface area contributed by atoms with Gasteiger partial charge in [-0.1, -0.05) is 35.5 Å². The Balaban J connectivity index is 1.41. The van der Waals surface area contributed by atoms with Crippen LogP contribution in [0, 0.1) is 11.6 Å². The van der Waals surface area contributed by atoms with Gasteiger partial charge in [0.2, 0.25) is 10.0 Å². The molecule has 0 saturated carbocycles. The zero-order valence-electron chi connectivity index (χ0n) is 18.8. The second-order valence-electron chi connectivity index (χ2n) is 8.57. The third-order valence-electron chi connectivity index (χ3n) is 6.23. The third kappa shape index (κ3) is 4.44. The molecule has 35 heavy (non-hydrogen) atoms. The lowest BCUT2D eigenvalue weighted by Crippen LogP contribution is -2.55. The molecule has 8 nitrogen and oxygen atoms in total. The highest BCUT2D eigenvalue weighted by Gasteiger charge is 2.33. The van der Waals surface area contributed by atoms with E-state index in [4.69, 9.17) is 0 Å². The number of aromatic nitrogens is 3. The first-order chi connectivity index (χ1) is 16.7. The normalized spacial score (nSPS) is 17.2. The van der Waals surface area contributed by atoms with Gasteiger partial charge >= 0.3 is 0 Å². The largest absolute Gasteiger partial charge is 0.503 e. The molecular weight excluding hydrogens is 476 g/mol. The number of rotatable bonds is 5. The Hall–Kier alpha value is -3.57. The molecule has 0 unspecified atom stereocenters. The Bertz CT molecular complexity index is 1480. The van der Waals surface area contributed by atoms with Crippen LogP contribution in [-0.4, -0.2) is 64.8 Å². The van der Waals surface area contributed by atoms with E-state index in [9.17, 15) is 22.3 Å². The van der Waals surface area contributed by atoms with Crippen LogP contribution in [0.25, 0.3) is 16.7 Å². The van der Waals surface area contributed by atoms with E-state index in [2.05, 4.69) is 15.2 Å². The lowest BCUT2D eigenvalue weighted by molar-refractivity contribution is 0.290. The number of benzene rings is 3. The Morgan fingerprint density at radius 1 is 1.03 bits per heavy atom. The standard InChI is InChI=1S/C24H23F2N5O3S/c1-35(33,34)30-12-11-29(15-19(30)13-16-5-3-2-4-6-16)17-7-9-18(10-8-17)31-23-21(27-28-31)14-20(25)24(32)22(23)26/h2-10,14,19,32H,11-13,15H2,1H3/t19-/m1/s1. The molecule has 1 fully saturated rings. The summed E-state index contributed by atoms with van der Waals surface area (Å²) in [4.78, 5) is 2.11. The minimum Gasteiger partial charge on any atom is -0.503 e. The van der Waals surface area contributed by atoms with Crippen molar-refractivity contribution < 1.29 is 22.3 Å². The maximum Gasteiger partial charge on any atom is 0.211 e. The number of anilines is 1. The van der Waals surface area contributed by atoms with Crippen LogP contribution >= 0.6 is 0 Å². The number of hydrogen-bond donors (Lipinski definition) is 1. The first kappa shape index (κ1) is 23.2. The molecule has 5 rings (SSSR count). The van der Waals surface area contributed by atoms with Gasteiger partial charge in [-0.3, -0.25) is 0 Å². The van der Waals surface area contributed by atoms with Gasteiger partial charge < -0.3 is 10.0 Å². The van der Waals surface area contributed by atoms with Gasteiger partial charge in [-0.15, -0.1) is 5.10 Å². The van der Waals surface area contributed by atoms with Crippen LogP contribution in [0.1, 0.15) is 5.56 Å². The first-order valence-corrected chi connectivity index (χ1v) is 12.9. The minimum absolute atomic E-state index is 0.0115. The van der Waals surface area contributed by atoms with Gasteiger partial charge in [0, 0.05) is 37.4 Å². The van der Waals surface area contributed by atoms with Crippen LogP contribution in [0.4, 0.5) is 14.5 Å². The molecule has 1 aliphatic heterocycles. The minimum atomic E-state index is -3.36. The van der Waals surface area contributed by atoms with Crippen molar-refractivity contribution in [2.45, 2.75) is 12.5 Å². The summed E-state index contributed by atoms with van der Waals surface area (Å²) < 4.78 is 55.7. The predicted octanol–water partition coefficient (Wildman–Crippen LogP) is 3.10. The number of nitrogens with zero attached hydrogens (tertiary/aromatic N) is 5. The van der Waals surface area contributed by atoms with Crippen LogP contribution < -0.4 is 4.90 Å². The summed E-state index contributed by atoms with van der Waals surface area (Å²) in [6.07, 6.45) is 1.83. The third-order valence-corrected chi connectivity index (χ3v) is 7.56. The highest BCUT2D eigenvalue weighted by atomic mass is 32.2. The van der Waals surface area contributed by atoms with Gasteiger partial charge in [-0.2, -0.15) is 4.31 Å². The van der Waals surface area contributed by atoms with Crippen LogP contribution in [0.15, 0.2) is 60.7 Å². The van der Waals surface area contributed by atoms with E-state index in [0.29, 0.717) is 31.7 Å². The van der Waals surface area contributed by atoms with E-state index in [1.165, 1.54) is 10.9 Å². The van der Waals surface area contributed by atoms with E-state index in [1.807, 2.05) is 42.5 Å². The van der Waals surface area contributed by atoms with Crippen molar-refractivity contribution >= 4 is 26.7 Å². The summed E-state index contributed by atoms with van der Waals surface area (Å²) in [7, 11) is -3.36. The second kappa shape index (κ2) is 8.90. The van der Waals surface area contributed by atoms with Crippen molar-refractivity contribution in [3.63, 3.8) is 0 Å². The number of hydrogen-bond acceptors (Lipinski definition) is 6. The SMILES string of the molecule is CS(=O)(=O)N1CCN(c2ccc(-n3nnc4cc(F)c(O)c(F)c43)cc2)C[C@H]1Cc1ccccc1. The van der Waals surface area contributed by atoms with Crippen LogP contribution in [-0.2, 0) is 16.4 Å². The van der Waals surface area contributed by atoms with Crippen LogP contribution in [0.3, 0.4) is 0 Å². The average Bonchev–Trinajstić information content (AvgIpc) is 3.26. The van der Waals surface area contributed by atoms with E-state index in [1.54, 1.807) is 16.4 Å². The Labute approximate surface area is 201 Å². The molecule has 1 aliphatic rings. The van der Waals surface area contributed by atoms with E-state index >= 15 is 0 Å². The Kier molecular flexibility index (Phi) is 5.89. The first-order valence-electron chi connectivity index (χ1n) is 11.0. The molecule has 11 heteroatoms. The smallest absolute Gasteiger partial charge is 0.211 e. The van der Waals surface area contributed by atoms with Crippen molar-refractivity contribution in [3.8, 4) is 11.4 Å². The molecular formula is C24H23F2N5O3S. The summed E-state index contributed by atoms with van der Waals surface area (Å²) in [6, 6.07) is 17.6. The predicted molar refractivity (Wildman–Crippen MR) is 128 cm³/mol. The zero-order chi connectivity index (χ0) is 24.7. The summed E-state index contributed by atoms with van der Waals surface area (Å²) in [5, 5.41) is 17.4. The molecule has 0 aliphatic carbocycles. The number of halogens is 2. The molecule has 0 bridgehead atoms. The van der Waals surface area contributed by atoms with Gasteiger partial charge in [0.1, 0.15) is 11.0 Å². The number of sulfonamides is 1. The molecule has 0 amide bonds. The Morgan fingerprint density at radius 3 is 2.40 bits per heavy atom. The zero-order valence-corrected chi connectivity index (χ0v) is 19.7. The number of piperazine rings is 1. The molecule has 2 heterocycles. The van der Waals surface area contributed by atoms with Crippen LogP contribution in [0.5, 0.6) is 5.75 Å². The fourth-order valence-electron chi connectivity index (χ4n) is 4.55. The molecule has 3 aromatic carbocycles. The number of phenolic OH excluding ortho intramolecular Hbond substituents is 1. The van der Waals surface area contributed by atoms with Crippen LogP contribution in [0.2, 0.25) is 0 Å². The summed E-state index contributed by atoms with van der Waals surface area (Å²) in [5.74, 6) is -3.31. The summed E-state index contributed by atoms with van der Waals surface area (Å²) in [5.41, 5.74) is 2.28. The Morgan fingerprint density at radius 2 is 1.71 bits per heavy atom. The van der Waals surface area contributed by atoms with Crippen molar-refractivity contribution in [3.05, 3.63) is 77.9 Å². The van der Waals surface area contributed by atoms with Crippen molar-refractivity contribution in [1.82, 2.24) is 19.3 Å². The molecule has 1 N–H and O–H groups in total. The molecule has 1 aromatic heterocycles. The van der Waals surface area contributed by atoms with Gasteiger partial charge in [0.05, 0.1) is 11.9 Å². The van der Waals surface area contributed by atoms with Gasteiger partial charge in [-0.25, -0.2) is 21.9 Å². The van der Waals surface area contributed by atoms with Gasteiger partial charge in [-0.05, 0) is 36.2 Å². The van der Waals surface area contributed by atoms with Crippen molar-refractivity contribution in [1.29, 1.82) is 0 Å². The molecule has 182 valence electrons. The molecule has 0 spiro atoms. The van der Waals surface area contributed by atoms with Gasteiger partial charge in [0.15, 0.2) is 17.4 Å². The molecule has 4 aromatic rings. The monoisotopic (exact) mass is 499 g/mol. The number of phenols is 1. The second-order valence-corrected chi connectivity index (χ2v) is 10.5.